The average molecular weight is 691 g/mol. The predicted octanol–water partition coefficient (Wildman–Crippen LogP) is 13.7. The molecule has 10 aromatic rings. The van der Waals surface area contributed by atoms with Crippen LogP contribution in [0.5, 0.6) is 0 Å². The van der Waals surface area contributed by atoms with E-state index in [9.17, 15) is 4.39 Å². The molecule has 0 radical (unpaired) electrons. The molecule has 0 aliphatic rings. The van der Waals surface area contributed by atoms with Crippen LogP contribution in [0.25, 0.3) is 96.5 Å². The summed E-state index contributed by atoms with van der Waals surface area (Å²) < 4.78 is 19.1. The zero-order chi connectivity index (χ0) is 33.9. The Kier molecular flexibility index (Phi) is 7.08. The minimum Gasteiger partial charge on any atom is -0.228 e. The lowest BCUT2D eigenvalue weighted by Gasteiger charge is -2.14. The van der Waals surface area contributed by atoms with E-state index in [0.29, 0.717) is 5.82 Å². The molecule has 0 bridgehead atoms. The molecule has 0 atom stereocenters. The molecule has 240 valence electrons. The topological polar surface area (TPSA) is 25.8 Å². The summed E-state index contributed by atoms with van der Waals surface area (Å²) in [6, 6.07) is 56.0. The van der Waals surface area contributed by atoms with Gasteiger partial charge in [-0.3, -0.25) is 0 Å². The minimum atomic E-state index is -0.278. The van der Waals surface area contributed by atoms with Gasteiger partial charge in [0.25, 0.3) is 0 Å². The van der Waals surface area contributed by atoms with Crippen molar-refractivity contribution in [2.24, 2.45) is 0 Å². The van der Waals surface area contributed by atoms with E-state index in [1.54, 1.807) is 12.1 Å². The molecule has 0 amide bonds. The summed E-state index contributed by atoms with van der Waals surface area (Å²) in [6.45, 7) is 0. The zero-order valence-electron chi connectivity index (χ0n) is 27.2. The van der Waals surface area contributed by atoms with Crippen molar-refractivity contribution in [2.45, 2.75) is 0 Å². The van der Waals surface area contributed by atoms with Gasteiger partial charge in [-0.25, -0.2) is 14.4 Å². The quantitative estimate of drug-likeness (QED) is 0.180. The van der Waals surface area contributed by atoms with Gasteiger partial charge in [0, 0.05) is 57.0 Å². The summed E-state index contributed by atoms with van der Waals surface area (Å²) >= 11 is 3.67. The largest absolute Gasteiger partial charge is 0.228 e. The zero-order valence-corrected chi connectivity index (χ0v) is 28.8. The SMILES string of the molecule is Fc1ccc(-c2cc(-c3ccccc3)nc(-c3cc(-c4cccc5c4sc4ccccc45)cc(-c4cccc5c4sc4ccccc45)c3)n2)cc1. The maximum Gasteiger partial charge on any atom is 0.160 e. The first kappa shape index (κ1) is 29.9. The van der Waals surface area contributed by atoms with Crippen molar-refractivity contribution in [2.75, 3.05) is 0 Å². The van der Waals surface area contributed by atoms with Crippen LogP contribution in [0.2, 0.25) is 0 Å². The van der Waals surface area contributed by atoms with Crippen molar-refractivity contribution in [3.63, 3.8) is 0 Å². The second-order valence-corrected chi connectivity index (χ2v) is 14.8. The molecule has 3 heterocycles. The number of hydrogen-bond acceptors (Lipinski definition) is 4. The van der Waals surface area contributed by atoms with Crippen LogP contribution in [0.3, 0.4) is 0 Å². The number of hydrogen-bond donors (Lipinski definition) is 0. The summed E-state index contributed by atoms with van der Waals surface area (Å²) in [4.78, 5) is 10.4. The van der Waals surface area contributed by atoms with Crippen molar-refractivity contribution in [3.05, 3.63) is 170 Å². The van der Waals surface area contributed by atoms with E-state index in [1.165, 1.54) is 63.6 Å². The molecule has 0 fully saturated rings. The van der Waals surface area contributed by atoms with Crippen LogP contribution in [0.4, 0.5) is 4.39 Å². The molecular formula is C46H27FN2S2. The molecule has 3 aromatic heterocycles. The smallest absolute Gasteiger partial charge is 0.160 e. The van der Waals surface area contributed by atoms with E-state index < -0.39 is 0 Å². The first-order valence-electron chi connectivity index (χ1n) is 16.8. The molecule has 2 nitrogen and oxygen atoms in total. The van der Waals surface area contributed by atoms with Crippen LogP contribution < -0.4 is 0 Å². The Balaban J connectivity index is 1.26. The normalized spacial score (nSPS) is 11.6. The number of thiophene rings is 2. The number of rotatable bonds is 5. The Bertz CT molecular complexity index is 2790. The van der Waals surface area contributed by atoms with E-state index in [1.807, 2.05) is 46.9 Å². The Hall–Kier alpha value is -6.01. The highest BCUT2D eigenvalue weighted by Gasteiger charge is 2.18. The Morgan fingerprint density at radius 3 is 1.41 bits per heavy atom. The Morgan fingerprint density at radius 2 is 0.843 bits per heavy atom. The maximum atomic E-state index is 14.0. The third-order valence-electron chi connectivity index (χ3n) is 9.56. The number of nitrogens with zero attached hydrogens (tertiary/aromatic N) is 2. The van der Waals surface area contributed by atoms with Gasteiger partial charge in [-0.1, -0.05) is 103 Å². The van der Waals surface area contributed by atoms with Crippen LogP contribution in [0, 0.1) is 5.82 Å². The van der Waals surface area contributed by atoms with E-state index in [4.69, 9.17) is 9.97 Å². The van der Waals surface area contributed by atoms with Crippen molar-refractivity contribution >= 4 is 63.0 Å². The minimum absolute atomic E-state index is 0.278. The first-order valence-corrected chi connectivity index (χ1v) is 18.5. The monoisotopic (exact) mass is 690 g/mol. The van der Waals surface area contributed by atoms with Gasteiger partial charge in [0.1, 0.15) is 5.82 Å². The third-order valence-corrected chi connectivity index (χ3v) is 12.0. The lowest BCUT2D eigenvalue weighted by Crippen LogP contribution is -1.97. The van der Waals surface area contributed by atoms with Gasteiger partial charge in [0.05, 0.1) is 11.4 Å². The fourth-order valence-electron chi connectivity index (χ4n) is 7.12. The Morgan fingerprint density at radius 1 is 0.373 bits per heavy atom. The molecule has 0 N–H and O–H groups in total. The molecule has 51 heavy (non-hydrogen) atoms. The molecule has 7 aromatic carbocycles. The second kappa shape index (κ2) is 12.1. The number of aromatic nitrogens is 2. The predicted molar refractivity (Wildman–Crippen MR) is 215 cm³/mol. The van der Waals surface area contributed by atoms with Gasteiger partial charge in [-0.2, -0.15) is 0 Å². The van der Waals surface area contributed by atoms with Crippen molar-refractivity contribution < 1.29 is 4.39 Å². The second-order valence-electron chi connectivity index (χ2n) is 12.7. The van der Waals surface area contributed by atoms with Crippen molar-refractivity contribution in [1.82, 2.24) is 9.97 Å². The van der Waals surface area contributed by atoms with Crippen LogP contribution in [0.15, 0.2) is 164 Å². The van der Waals surface area contributed by atoms with Gasteiger partial charge < -0.3 is 0 Å². The van der Waals surface area contributed by atoms with E-state index in [2.05, 4.69) is 115 Å². The summed E-state index contributed by atoms with van der Waals surface area (Å²) in [5.41, 5.74) is 8.86. The van der Waals surface area contributed by atoms with Crippen LogP contribution in [-0.4, -0.2) is 9.97 Å². The summed E-state index contributed by atoms with van der Waals surface area (Å²) in [7, 11) is 0. The van der Waals surface area contributed by atoms with Crippen LogP contribution in [0.1, 0.15) is 0 Å². The van der Waals surface area contributed by atoms with E-state index >= 15 is 0 Å². The highest BCUT2D eigenvalue weighted by molar-refractivity contribution is 7.26. The number of fused-ring (bicyclic) bond motifs is 6. The Labute approximate surface area is 301 Å². The maximum absolute atomic E-state index is 14.0. The van der Waals surface area contributed by atoms with Crippen LogP contribution >= 0.6 is 22.7 Å². The van der Waals surface area contributed by atoms with Crippen molar-refractivity contribution in [3.8, 4) is 56.2 Å². The average Bonchev–Trinajstić information content (AvgIpc) is 3.77. The van der Waals surface area contributed by atoms with Crippen molar-refractivity contribution in [1.29, 1.82) is 0 Å². The van der Waals surface area contributed by atoms with Crippen LogP contribution in [-0.2, 0) is 0 Å². The number of benzene rings is 7. The molecule has 0 saturated carbocycles. The van der Waals surface area contributed by atoms with Gasteiger partial charge in [-0.15, -0.1) is 22.7 Å². The van der Waals surface area contributed by atoms with E-state index in [0.717, 1.165) is 39.2 Å². The molecule has 0 unspecified atom stereocenters. The standard InChI is InChI=1S/C46H27FN2S2/c47-33-22-20-29(21-23-33)41-27-40(28-10-2-1-3-11-28)48-46(49-41)32-25-30(34-14-8-16-38-36-12-4-6-18-42(36)50-44(34)38)24-31(26-32)35-15-9-17-39-37-13-5-7-19-43(37)51-45(35)39/h1-27H. The highest BCUT2D eigenvalue weighted by atomic mass is 32.1. The molecule has 0 aliphatic heterocycles. The molecule has 0 aliphatic carbocycles. The summed E-state index contributed by atoms with van der Waals surface area (Å²) in [5.74, 6) is 0.338. The lowest BCUT2D eigenvalue weighted by molar-refractivity contribution is 0.628. The molecule has 5 heteroatoms. The van der Waals surface area contributed by atoms with Gasteiger partial charge in [0.15, 0.2) is 5.82 Å². The molecule has 0 saturated heterocycles. The fraction of sp³-hybridized carbons (Fsp3) is 0. The lowest BCUT2D eigenvalue weighted by atomic mass is 9.94. The summed E-state index contributed by atoms with van der Waals surface area (Å²) in [5, 5.41) is 5.06. The highest BCUT2D eigenvalue weighted by Crippen LogP contribution is 2.44. The van der Waals surface area contributed by atoms with E-state index in [-0.39, 0.29) is 5.82 Å². The molecular weight excluding hydrogens is 664 g/mol. The van der Waals surface area contributed by atoms with Gasteiger partial charge in [-0.05, 0) is 82.9 Å². The number of halogens is 1. The molecule has 0 spiro atoms. The summed E-state index contributed by atoms with van der Waals surface area (Å²) in [6.07, 6.45) is 0. The first-order chi connectivity index (χ1) is 25.2. The fourth-order valence-corrected chi connectivity index (χ4v) is 9.59. The van der Waals surface area contributed by atoms with Gasteiger partial charge in [0.2, 0.25) is 0 Å². The molecule has 10 rings (SSSR count). The van der Waals surface area contributed by atoms with Gasteiger partial charge >= 0.3 is 0 Å². The third kappa shape index (κ3) is 5.21.